The Labute approximate surface area is 114 Å². The third kappa shape index (κ3) is 2.10. The molecule has 1 unspecified atom stereocenters. The van der Waals surface area contributed by atoms with Gasteiger partial charge in [0.05, 0.1) is 0 Å². The van der Waals surface area contributed by atoms with Crippen molar-refractivity contribution >= 4 is 5.69 Å². The van der Waals surface area contributed by atoms with Gasteiger partial charge in [0.2, 0.25) is 0 Å². The molecule has 0 fully saturated rings. The minimum atomic E-state index is 0.239. The number of benzene rings is 2. The van der Waals surface area contributed by atoms with E-state index in [4.69, 9.17) is 0 Å². The number of para-hydroxylation sites is 1. The fourth-order valence-corrected chi connectivity index (χ4v) is 2.61. The highest BCUT2D eigenvalue weighted by Gasteiger charge is 2.27. The van der Waals surface area contributed by atoms with Crippen LogP contribution < -0.4 is 4.90 Å². The van der Waals surface area contributed by atoms with Gasteiger partial charge in [0.25, 0.3) is 0 Å². The van der Waals surface area contributed by atoms with Gasteiger partial charge in [-0.3, -0.25) is 0 Å². The molecule has 19 heavy (non-hydrogen) atoms. The molecule has 2 nitrogen and oxygen atoms in total. The van der Waals surface area contributed by atoms with Crippen LogP contribution >= 0.6 is 0 Å². The molecular weight excluding hydrogens is 232 g/mol. The standard InChI is InChI=1S/C17H18N2/c1-14-8-6-7-11-16(14)17-18(2)12-13-19(17)15-9-4-3-5-10-15/h3-13,17H,1-2H3. The first-order valence-corrected chi connectivity index (χ1v) is 6.56. The zero-order valence-corrected chi connectivity index (χ0v) is 11.3. The normalized spacial score (nSPS) is 18.1. The number of anilines is 1. The molecule has 0 aromatic heterocycles. The number of nitrogens with zero attached hydrogens (tertiary/aromatic N) is 2. The summed E-state index contributed by atoms with van der Waals surface area (Å²) in [6.07, 6.45) is 4.51. The van der Waals surface area contributed by atoms with Crippen molar-refractivity contribution in [3.05, 3.63) is 78.1 Å². The average Bonchev–Trinajstić information content (AvgIpc) is 2.82. The Morgan fingerprint density at radius 3 is 2.26 bits per heavy atom. The average molecular weight is 250 g/mol. The lowest BCUT2D eigenvalue weighted by Crippen LogP contribution is -2.28. The third-order valence-electron chi connectivity index (χ3n) is 3.63. The molecule has 0 amide bonds. The van der Waals surface area contributed by atoms with Gasteiger partial charge in [-0.05, 0) is 30.2 Å². The molecule has 2 heteroatoms. The number of rotatable bonds is 2. The second-order valence-corrected chi connectivity index (χ2v) is 4.94. The molecule has 1 aliphatic rings. The summed E-state index contributed by atoms with van der Waals surface area (Å²) in [7, 11) is 2.12. The SMILES string of the molecule is Cc1ccccc1C1N(C)C=CN1c1ccccc1. The zero-order chi connectivity index (χ0) is 13.2. The molecule has 0 radical (unpaired) electrons. The fraction of sp³-hybridized carbons (Fsp3) is 0.176. The summed E-state index contributed by atoms with van der Waals surface area (Å²) >= 11 is 0. The van der Waals surface area contributed by atoms with Crippen molar-refractivity contribution in [3.63, 3.8) is 0 Å². The topological polar surface area (TPSA) is 6.48 Å². The quantitative estimate of drug-likeness (QED) is 0.797. The Morgan fingerprint density at radius 1 is 0.842 bits per heavy atom. The van der Waals surface area contributed by atoms with Gasteiger partial charge in [0.1, 0.15) is 6.17 Å². The van der Waals surface area contributed by atoms with E-state index < -0.39 is 0 Å². The van der Waals surface area contributed by atoms with Crippen molar-refractivity contribution in [2.24, 2.45) is 0 Å². The first-order valence-electron chi connectivity index (χ1n) is 6.56. The zero-order valence-electron chi connectivity index (χ0n) is 11.3. The van der Waals surface area contributed by atoms with Gasteiger partial charge in [-0.2, -0.15) is 0 Å². The summed E-state index contributed by atoms with van der Waals surface area (Å²) < 4.78 is 0. The Balaban J connectivity index is 2.02. The highest BCUT2D eigenvalue weighted by molar-refractivity contribution is 5.53. The first kappa shape index (κ1) is 11.8. The van der Waals surface area contributed by atoms with E-state index in [0.29, 0.717) is 0 Å². The number of aryl methyl sites for hydroxylation is 1. The van der Waals surface area contributed by atoms with E-state index in [1.165, 1.54) is 16.8 Å². The van der Waals surface area contributed by atoms with Crippen molar-refractivity contribution < 1.29 is 0 Å². The van der Waals surface area contributed by atoms with E-state index in [-0.39, 0.29) is 6.17 Å². The summed E-state index contributed by atoms with van der Waals surface area (Å²) in [4.78, 5) is 4.55. The van der Waals surface area contributed by atoms with Crippen LogP contribution in [0.2, 0.25) is 0 Å². The van der Waals surface area contributed by atoms with Crippen LogP contribution in [0.25, 0.3) is 0 Å². The van der Waals surface area contributed by atoms with Crippen molar-refractivity contribution in [1.29, 1.82) is 0 Å². The minimum absolute atomic E-state index is 0.239. The number of hydrogen-bond donors (Lipinski definition) is 0. The van der Waals surface area contributed by atoms with Crippen LogP contribution in [0.5, 0.6) is 0 Å². The molecule has 1 aliphatic heterocycles. The smallest absolute Gasteiger partial charge is 0.132 e. The lowest BCUT2D eigenvalue weighted by Gasteiger charge is -2.32. The molecule has 0 saturated carbocycles. The molecule has 1 heterocycles. The van der Waals surface area contributed by atoms with E-state index in [0.717, 1.165) is 0 Å². The van der Waals surface area contributed by atoms with Crippen LogP contribution in [-0.4, -0.2) is 11.9 Å². The van der Waals surface area contributed by atoms with Gasteiger partial charge in [-0.1, -0.05) is 42.5 Å². The van der Waals surface area contributed by atoms with Crippen LogP contribution in [0, 0.1) is 6.92 Å². The van der Waals surface area contributed by atoms with Crippen molar-refractivity contribution in [2.45, 2.75) is 13.1 Å². The molecule has 0 aliphatic carbocycles. The van der Waals surface area contributed by atoms with Gasteiger partial charge in [-0.25, -0.2) is 0 Å². The van der Waals surface area contributed by atoms with E-state index in [1.807, 2.05) is 0 Å². The van der Waals surface area contributed by atoms with Gasteiger partial charge in [0.15, 0.2) is 0 Å². The Kier molecular flexibility index (Phi) is 3.00. The lowest BCUT2D eigenvalue weighted by molar-refractivity contribution is 0.367. The van der Waals surface area contributed by atoms with E-state index in [2.05, 4.69) is 90.8 Å². The summed E-state index contributed by atoms with van der Waals surface area (Å²) in [5.74, 6) is 0. The molecule has 0 saturated heterocycles. The maximum absolute atomic E-state index is 2.31. The maximum Gasteiger partial charge on any atom is 0.132 e. The maximum atomic E-state index is 2.31. The van der Waals surface area contributed by atoms with Crippen LogP contribution in [0.1, 0.15) is 17.3 Å². The second kappa shape index (κ2) is 4.81. The number of hydrogen-bond acceptors (Lipinski definition) is 2. The van der Waals surface area contributed by atoms with Crippen molar-refractivity contribution in [2.75, 3.05) is 11.9 Å². The van der Waals surface area contributed by atoms with Gasteiger partial charge < -0.3 is 9.80 Å². The van der Waals surface area contributed by atoms with Crippen molar-refractivity contribution in [3.8, 4) is 0 Å². The Bertz CT molecular complexity index is 589. The summed E-state index contributed by atoms with van der Waals surface area (Å²) in [6.45, 7) is 2.17. The molecule has 0 bridgehead atoms. The largest absolute Gasteiger partial charge is 0.355 e. The van der Waals surface area contributed by atoms with E-state index in [1.54, 1.807) is 0 Å². The van der Waals surface area contributed by atoms with E-state index in [9.17, 15) is 0 Å². The molecule has 1 atom stereocenters. The summed E-state index contributed by atoms with van der Waals surface area (Å²) in [5.41, 5.74) is 3.89. The Morgan fingerprint density at radius 2 is 1.53 bits per heavy atom. The van der Waals surface area contributed by atoms with Crippen LogP contribution in [0.15, 0.2) is 67.0 Å². The van der Waals surface area contributed by atoms with Gasteiger partial charge in [0, 0.05) is 25.1 Å². The molecule has 96 valence electrons. The highest BCUT2D eigenvalue weighted by atomic mass is 15.4. The lowest BCUT2D eigenvalue weighted by atomic mass is 10.0. The predicted octanol–water partition coefficient (Wildman–Crippen LogP) is 3.92. The third-order valence-corrected chi connectivity index (χ3v) is 3.63. The van der Waals surface area contributed by atoms with Gasteiger partial charge in [-0.15, -0.1) is 0 Å². The molecule has 0 N–H and O–H groups in total. The first-order chi connectivity index (χ1) is 9.27. The molecule has 0 spiro atoms. The van der Waals surface area contributed by atoms with Gasteiger partial charge >= 0.3 is 0 Å². The van der Waals surface area contributed by atoms with Crippen molar-refractivity contribution in [1.82, 2.24) is 4.90 Å². The van der Waals surface area contributed by atoms with Crippen LogP contribution in [0.4, 0.5) is 5.69 Å². The second-order valence-electron chi connectivity index (χ2n) is 4.94. The molecule has 3 rings (SSSR count). The van der Waals surface area contributed by atoms with Crippen LogP contribution in [0.3, 0.4) is 0 Å². The molecule has 2 aromatic rings. The summed E-state index contributed by atoms with van der Waals surface area (Å²) in [6, 6.07) is 19.1. The Hall–Kier alpha value is -2.22. The van der Waals surface area contributed by atoms with Crippen LogP contribution in [-0.2, 0) is 0 Å². The minimum Gasteiger partial charge on any atom is -0.355 e. The monoisotopic (exact) mass is 250 g/mol. The predicted molar refractivity (Wildman–Crippen MR) is 79.7 cm³/mol. The fourth-order valence-electron chi connectivity index (χ4n) is 2.61. The highest BCUT2D eigenvalue weighted by Crippen LogP contribution is 2.35. The van der Waals surface area contributed by atoms with E-state index >= 15 is 0 Å². The summed E-state index contributed by atoms with van der Waals surface area (Å²) in [5, 5.41) is 0. The molecule has 2 aromatic carbocycles. The molecular formula is C17H18N2.